The molecule has 1 aromatic rings. The normalized spacial score (nSPS) is 11.5. The number of anilines is 1. The monoisotopic (exact) mass is 252 g/mol. The maximum Gasteiger partial charge on any atom is 0.323 e. The van der Waals surface area contributed by atoms with Crippen LogP contribution in [0.5, 0.6) is 0 Å². The van der Waals surface area contributed by atoms with Crippen LogP contribution in [0.2, 0.25) is 5.02 Å². The molecule has 2 N–H and O–H groups in total. The van der Waals surface area contributed by atoms with Crippen molar-refractivity contribution in [2.24, 2.45) is 5.41 Å². The molecule has 0 aliphatic carbocycles. The summed E-state index contributed by atoms with van der Waals surface area (Å²) in [5, 5.41) is 5.91. The number of carbonyl (C=O) groups excluding carboxylic acids is 1. The van der Waals surface area contributed by atoms with Crippen molar-refractivity contribution in [2.75, 3.05) is 5.32 Å². The number of amides is 2. The summed E-state index contributed by atoms with van der Waals surface area (Å²) in [4.78, 5) is 11.5. The minimum atomic E-state index is -0.284. The minimum Gasteiger partial charge on any atom is -0.315 e. The summed E-state index contributed by atoms with van der Waals surface area (Å²) >= 11 is 5.81. The number of benzene rings is 1. The summed E-state index contributed by atoms with van der Waals surface area (Å²) in [6, 6.07) is 6.72. The molecule has 1 rings (SSSR count). The van der Waals surface area contributed by atoms with Gasteiger partial charge in [0, 0.05) is 16.9 Å². The van der Waals surface area contributed by atoms with Crippen LogP contribution in [0.25, 0.3) is 0 Å². The largest absolute Gasteiger partial charge is 0.323 e. The van der Waals surface area contributed by atoms with Gasteiger partial charge in [0.2, 0.25) is 0 Å². The minimum absolute atomic E-state index is 0.0450. The first-order chi connectivity index (χ1) is 7.87. The van der Waals surface area contributed by atoms with Gasteiger partial charge in [-0.25, -0.2) is 4.79 Å². The molecule has 1 aromatic carbocycles. The third kappa shape index (κ3) is 5.97. The number of rotatable bonds is 2. The number of carbonyl (C=O) groups is 1. The molecule has 0 bridgehead atoms. The molecule has 17 heavy (non-hydrogen) atoms. The van der Waals surface area contributed by atoms with Crippen molar-refractivity contribution in [3.05, 3.63) is 41.6 Å². The lowest BCUT2D eigenvalue weighted by Gasteiger charge is -2.11. The van der Waals surface area contributed by atoms with Gasteiger partial charge in [0.25, 0.3) is 0 Å². The first-order valence-electron chi connectivity index (χ1n) is 5.38. The topological polar surface area (TPSA) is 41.1 Å². The number of halogens is 1. The summed E-state index contributed by atoms with van der Waals surface area (Å²) in [6.45, 7) is 6.17. The predicted octanol–water partition coefficient (Wildman–Crippen LogP) is 4.02. The number of hydrogen-bond donors (Lipinski definition) is 2. The van der Waals surface area contributed by atoms with Gasteiger partial charge in [0.15, 0.2) is 0 Å². The highest BCUT2D eigenvalue weighted by molar-refractivity contribution is 6.30. The second-order valence-corrected chi connectivity index (χ2v) is 5.24. The van der Waals surface area contributed by atoms with E-state index < -0.39 is 0 Å². The first-order valence-corrected chi connectivity index (χ1v) is 5.75. The van der Waals surface area contributed by atoms with Gasteiger partial charge in [-0.3, -0.25) is 0 Å². The Morgan fingerprint density at radius 3 is 2.65 bits per heavy atom. The lowest BCUT2D eigenvalue weighted by atomic mass is 9.97. The van der Waals surface area contributed by atoms with Crippen LogP contribution in [-0.2, 0) is 0 Å². The number of urea groups is 1. The Bertz CT molecular complexity index is 422. The highest BCUT2D eigenvalue weighted by atomic mass is 35.5. The van der Waals surface area contributed by atoms with E-state index in [-0.39, 0.29) is 11.4 Å². The Kier molecular flexibility index (Phi) is 4.58. The summed E-state index contributed by atoms with van der Waals surface area (Å²) in [6.07, 6.45) is 3.56. The standard InChI is InChI=1S/C13H17ClN2O/c1-13(2,3)7-8-15-12(17)16-11-6-4-5-10(14)9-11/h4-9H,1-3H3,(H2,15,16,17)/b8-7+. The SMILES string of the molecule is CC(C)(C)/C=C/NC(=O)Nc1cccc(Cl)c1. The van der Waals surface area contributed by atoms with Crippen LogP contribution < -0.4 is 10.6 Å². The molecule has 0 aromatic heterocycles. The van der Waals surface area contributed by atoms with E-state index in [1.807, 2.05) is 6.08 Å². The highest BCUT2D eigenvalue weighted by Crippen LogP contribution is 2.15. The molecule has 0 spiro atoms. The second kappa shape index (κ2) is 5.73. The summed E-state index contributed by atoms with van der Waals surface area (Å²) in [5.74, 6) is 0. The Morgan fingerprint density at radius 2 is 2.06 bits per heavy atom. The van der Waals surface area contributed by atoms with Crippen LogP contribution in [0.15, 0.2) is 36.5 Å². The molecule has 0 unspecified atom stereocenters. The van der Waals surface area contributed by atoms with E-state index in [4.69, 9.17) is 11.6 Å². The summed E-state index contributed by atoms with van der Waals surface area (Å²) < 4.78 is 0. The van der Waals surface area contributed by atoms with Gasteiger partial charge in [-0.15, -0.1) is 0 Å². The van der Waals surface area contributed by atoms with Crippen molar-refractivity contribution in [3.8, 4) is 0 Å². The van der Waals surface area contributed by atoms with Crippen LogP contribution in [0.3, 0.4) is 0 Å². The number of nitrogens with one attached hydrogen (secondary N) is 2. The zero-order valence-electron chi connectivity index (χ0n) is 10.3. The lowest BCUT2D eigenvalue weighted by molar-refractivity contribution is 0.255. The van der Waals surface area contributed by atoms with Crippen molar-refractivity contribution >= 4 is 23.3 Å². The van der Waals surface area contributed by atoms with E-state index >= 15 is 0 Å². The molecule has 3 nitrogen and oxygen atoms in total. The van der Waals surface area contributed by atoms with E-state index in [0.29, 0.717) is 10.7 Å². The van der Waals surface area contributed by atoms with E-state index in [9.17, 15) is 4.79 Å². The molecule has 4 heteroatoms. The molecule has 92 valence electrons. The molecular weight excluding hydrogens is 236 g/mol. The molecule has 0 atom stereocenters. The molecule has 2 amide bonds. The fourth-order valence-corrected chi connectivity index (χ4v) is 1.29. The van der Waals surface area contributed by atoms with E-state index in [0.717, 1.165) is 0 Å². The Morgan fingerprint density at radius 1 is 1.35 bits per heavy atom. The quantitative estimate of drug-likeness (QED) is 0.820. The van der Waals surface area contributed by atoms with Gasteiger partial charge < -0.3 is 10.6 Å². The van der Waals surface area contributed by atoms with Crippen molar-refractivity contribution < 1.29 is 4.79 Å². The maximum atomic E-state index is 11.5. The molecule has 0 fully saturated rings. The number of hydrogen-bond acceptors (Lipinski definition) is 1. The van der Waals surface area contributed by atoms with Crippen molar-refractivity contribution in [2.45, 2.75) is 20.8 Å². The van der Waals surface area contributed by atoms with Gasteiger partial charge in [0.1, 0.15) is 0 Å². The van der Waals surface area contributed by atoms with E-state index in [1.165, 1.54) is 0 Å². The predicted molar refractivity (Wildman–Crippen MR) is 72.2 cm³/mol. The van der Waals surface area contributed by atoms with Crippen molar-refractivity contribution in [1.29, 1.82) is 0 Å². The fraction of sp³-hybridized carbons (Fsp3) is 0.308. The highest BCUT2D eigenvalue weighted by Gasteiger charge is 2.04. The van der Waals surface area contributed by atoms with Crippen LogP contribution >= 0.6 is 11.6 Å². The molecule has 0 saturated heterocycles. The smallest absolute Gasteiger partial charge is 0.315 e. The molecule has 0 saturated carbocycles. The average Bonchev–Trinajstić information content (AvgIpc) is 2.15. The van der Waals surface area contributed by atoms with Crippen molar-refractivity contribution in [1.82, 2.24) is 5.32 Å². The average molecular weight is 253 g/mol. The summed E-state index contributed by atoms with van der Waals surface area (Å²) in [7, 11) is 0. The zero-order valence-corrected chi connectivity index (χ0v) is 11.0. The van der Waals surface area contributed by atoms with Crippen molar-refractivity contribution in [3.63, 3.8) is 0 Å². The van der Waals surface area contributed by atoms with Gasteiger partial charge in [-0.05, 0) is 23.6 Å². The molecule has 0 aliphatic rings. The van der Waals surface area contributed by atoms with Crippen LogP contribution in [0.4, 0.5) is 10.5 Å². The Hall–Kier alpha value is -1.48. The van der Waals surface area contributed by atoms with E-state index in [2.05, 4.69) is 31.4 Å². The molecule has 0 heterocycles. The molecule has 0 radical (unpaired) electrons. The zero-order chi connectivity index (χ0) is 12.9. The lowest BCUT2D eigenvalue weighted by Crippen LogP contribution is -2.24. The third-order valence-electron chi connectivity index (χ3n) is 1.88. The van der Waals surface area contributed by atoms with Gasteiger partial charge in [-0.1, -0.05) is 44.5 Å². The van der Waals surface area contributed by atoms with Crippen LogP contribution in [-0.4, -0.2) is 6.03 Å². The van der Waals surface area contributed by atoms with Crippen LogP contribution in [0.1, 0.15) is 20.8 Å². The number of allylic oxidation sites excluding steroid dienone is 1. The Balaban J connectivity index is 2.48. The molecular formula is C13H17ClN2O. The fourth-order valence-electron chi connectivity index (χ4n) is 1.10. The maximum absolute atomic E-state index is 11.5. The third-order valence-corrected chi connectivity index (χ3v) is 2.12. The second-order valence-electron chi connectivity index (χ2n) is 4.81. The first kappa shape index (κ1) is 13.6. The van der Waals surface area contributed by atoms with E-state index in [1.54, 1.807) is 30.5 Å². The molecule has 0 aliphatic heterocycles. The van der Waals surface area contributed by atoms with Gasteiger partial charge >= 0.3 is 6.03 Å². The summed E-state index contributed by atoms with van der Waals surface area (Å²) in [5.41, 5.74) is 0.711. The van der Waals surface area contributed by atoms with Gasteiger partial charge in [-0.2, -0.15) is 0 Å². The van der Waals surface area contributed by atoms with Crippen LogP contribution in [0, 0.1) is 5.41 Å². The Labute approximate surface area is 107 Å². The van der Waals surface area contributed by atoms with Gasteiger partial charge in [0.05, 0.1) is 0 Å².